The molecule has 0 unspecified atom stereocenters. The van der Waals surface area contributed by atoms with E-state index in [1.54, 1.807) is 0 Å². The lowest BCUT2D eigenvalue weighted by Crippen LogP contribution is -2.22. The Hall–Kier alpha value is -1.76. The Balaban J connectivity index is 0.00000288. The highest BCUT2D eigenvalue weighted by Crippen LogP contribution is 2.21. The lowest BCUT2D eigenvalue weighted by molar-refractivity contribution is 0.336. The van der Waals surface area contributed by atoms with Gasteiger partial charge in [-0.2, -0.15) is 0 Å². The van der Waals surface area contributed by atoms with E-state index in [1.165, 1.54) is 16.7 Å². The van der Waals surface area contributed by atoms with Crippen molar-refractivity contribution < 1.29 is 4.74 Å². The van der Waals surface area contributed by atoms with E-state index in [1.807, 2.05) is 32.0 Å². The second-order valence-corrected chi connectivity index (χ2v) is 5.67. The largest absolute Gasteiger partial charge is 0.494 e. The topological polar surface area (TPSA) is 59.6 Å². The van der Waals surface area contributed by atoms with Gasteiger partial charge in [-0.3, -0.25) is 0 Å². The summed E-state index contributed by atoms with van der Waals surface area (Å²) in [4.78, 5) is 4.42. The maximum Gasteiger partial charge on any atom is 0.193 e. The number of nitrogens with one attached hydrogen (secondary N) is 1. The number of anilines is 1. The van der Waals surface area contributed by atoms with Crippen LogP contribution >= 0.6 is 24.0 Å². The van der Waals surface area contributed by atoms with E-state index in [4.69, 9.17) is 10.5 Å². The average molecular weight is 439 g/mol. The Labute approximate surface area is 161 Å². The summed E-state index contributed by atoms with van der Waals surface area (Å²) in [7, 11) is 0. The first-order valence-corrected chi connectivity index (χ1v) is 7.86. The van der Waals surface area contributed by atoms with Crippen molar-refractivity contribution in [3.05, 3.63) is 58.7 Å². The number of halogens is 1. The molecule has 0 aliphatic rings. The van der Waals surface area contributed by atoms with Crippen molar-refractivity contribution in [2.75, 3.05) is 11.9 Å². The Bertz CT molecular complexity index is 714. The van der Waals surface area contributed by atoms with Gasteiger partial charge in [0.1, 0.15) is 5.75 Å². The lowest BCUT2D eigenvalue weighted by atomic mass is 10.1. The summed E-state index contributed by atoms with van der Waals surface area (Å²) >= 11 is 0. The fourth-order valence-electron chi connectivity index (χ4n) is 2.26. The molecule has 3 N–H and O–H groups in total. The van der Waals surface area contributed by atoms with Crippen LogP contribution in [-0.4, -0.2) is 12.6 Å². The Morgan fingerprint density at radius 3 is 2.50 bits per heavy atom. The summed E-state index contributed by atoms with van der Waals surface area (Å²) in [5.74, 6) is 1.27. The molecule has 0 saturated heterocycles. The van der Waals surface area contributed by atoms with Crippen LogP contribution < -0.4 is 15.8 Å². The van der Waals surface area contributed by atoms with Gasteiger partial charge >= 0.3 is 0 Å². The van der Waals surface area contributed by atoms with Crippen molar-refractivity contribution in [1.82, 2.24) is 0 Å². The van der Waals surface area contributed by atoms with E-state index < -0.39 is 0 Å². The summed E-state index contributed by atoms with van der Waals surface area (Å²) in [5, 5.41) is 3.13. The minimum Gasteiger partial charge on any atom is -0.494 e. The second kappa shape index (κ2) is 9.52. The molecule has 5 heteroatoms. The van der Waals surface area contributed by atoms with Crippen LogP contribution in [0.5, 0.6) is 5.75 Å². The van der Waals surface area contributed by atoms with Gasteiger partial charge in [0.05, 0.1) is 13.2 Å². The van der Waals surface area contributed by atoms with Gasteiger partial charge in [-0.1, -0.05) is 18.2 Å². The number of aliphatic imine (C=N–C) groups is 1. The van der Waals surface area contributed by atoms with Crippen LogP contribution in [0.4, 0.5) is 5.69 Å². The fourth-order valence-corrected chi connectivity index (χ4v) is 2.26. The maximum absolute atomic E-state index is 5.99. The predicted octanol–water partition coefficient (Wildman–Crippen LogP) is 4.56. The van der Waals surface area contributed by atoms with Crippen LogP contribution in [0.15, 0.2) is 41.4 Å². The van der Waals surface area contributed by atoms with Gasteiger partial charge in [-0.15, -0.1) is 24.0 Å². The number of aryl methyl sites for hydroxylation is 3. The molecular formula is C19H26IN3O. The first kappa shape index (κ1) is 20.3. The highest BCUT2D eigenvalue weighted by atomic mass is 127. The number of hydrogen-bond donors (Lipinski definition) is 2. The van der Waals surface area contributed by atoms with E-state index in [0.29, 0.717) is 19.1 Å². The number of hydrogen-bond acceptors (Lipinski definition) is 2. The second-order valence-electron chi connectivity index (χ2n) is 5.67. The fraction of sp³-hybridized carbons (Fsp3) is 0.316. The van der Waals surface area contributed by atoms with Crippen LogP contribution in [0.2, 0.25) is 0 Å². The number of nitrogens with two attached hydrogens (primary N) is 1. The van der Waals surface area contributed by atoms with Crippen molar-refractivity contribution in [3.63, 3.8) is 0 Å². The third-order valence-corrected chi connectivity index (χ3v) is 3.72. The smallest absolute Gasteiger partial charge is 0.193 e. The zero-order chi connectivity index (χ0) is 16.8. The van der Waals surface area contributed by atoms with Gasteiger partial charge in [0, 0.05) is 11.3 Å². The van der Waals surface area contributed by atoms with Crippen molar-refractivity contribution in [2.45, 2.75) is 34.2 Å². The number of benzene rings is 2. The van der Waals surface area contributed by atoms with E-state index in [0.717, 1.165) is 17.0 Å². The minimum atomic E-state index is 0. The molecule has 0 radical (unpaired) electrons. The first-order chi connectivity index (χ1) is 11.0. The third-order valence-electron chi connectivity index (χ3n) is 3.72. The number of rotatable bonds is 5. The molecule has 2 rings (SSSR count). The standard InChI is InChI=1S/C19H25N3O.HI/c1-5-23-18-10-13(2)6-8-16(18)12-21-19(20)22-17-9-7-14(3)15(4)11-17;/h6-11H,5,12H2,1-4H3,(H3,20,21,22);1H. The van der Waals surface area contributed by atoms with Gasteiger partial charge in [0.25, 0.3) is 0 Å². The normalized spacial score (nSPS) is 10.9. The van der Waals surface area contributed by atoms with Crippen LogP contribution in [0, 0.1) is 20.8 Å². The van der Waals surface area contributed by atoms with E-state index in [2.05, 4.69) is 42.4 Å². The summed E-state index contributed by atoms with van der Waals surface area (Å²) < 4.78 is 5.67. The molecule has 0 atom stereocenters. The molecule has 2 aromatic carbocycles. The zero-order valence-electron chi connectivity index (χ0n) is 14.7. The molecule has 2 aromatic rings. The van der Waals surface area contributed by atoms with Crippen molar-refractivity contribution in [3.8, 4) is 5.75 Å². The number of guanidine groups is 1. The summed E-state index contributed by atoms with van der Waals surface area (Å²) in [6.07, 6.45) is 0. The van der Waals surface area contributed by atoms with E-state index >= 15 is 0 Å². The summed E-state index contributed by atoms with van der Waals surface area (Å²) in [6.45, 7) is 9.31. The quantitative estimate of drug-likeness (QED) is 0.408. The Morgan fingerprint density at radius 1 is 1.08 bits per heavy atom. The Morgan fingerprint density at radius 2 is 1.83 bits per heavy atom. The van der Waals surface area contributed by atoms with Gasteiger partial charge in [0.2, 0.25) is 0 Å². The molecule has 0 amide bonds. The number of ether oxygens (including phenoxy) is 1. The van der Waals surface area contributed by atoms with Gasteiger partial charge < -0.3 is 15.8 Å². The molecule has 4 nitrogen and oxygen atoms in total. The summed E-state index contributed by atoms with van der Waals surface area (Å²) in [6, 6.07) is 12.3. The van der Waals surface area contributed by atoms with Gasteiger partial charge in [-0.05, 0) is 62.6 Å². The molecule has 0 saturated carbocycles. The maximum atomic E-state index is 5.99. The highest BCUT2D eigenvalue weighted by Gasteiger charge is 2.04. The molecule has 0 bridgehead atoms. The molecule has 0 heterocycles. The average Bonchev–Trinajstić information content (AvgIpc) is 2.50. The third kappa shape index (κ3) is 5.70. The number of nitrogens with zero attached hydrogens (tertiary/aromatic N) is 1. The molecule has 0 spiro atoms. The van der Waals surface area contributed by atoms with Gasteiger partial charge in [0.15, 0.2) is 5.96 Å². The highest BCUT2D eigenvalue weighted by molar-refractivity contribution is 14.0. The molecule has 0 fully saturated rings. The SMILES string of the molecule is CCOc1cc(C)ccc1CN=C(N)Nc1ccc(C)c(C)c1.I. The first-order valence-electron chi connectivity index (χ1n) is 7.86. The molecule has 24 heavy (non-hydrogen) atoms. The van der Waals surface area contributed by atoms with E-state index in [-0.39, 0.29) is 24.0 Å². The lowest BCUT2D eigenvalue weighted by Gasteiger charge is -2.11. The van der Waals surface area contributed by atoms with E-state index in [9.17, 15) is 0 Å². The molecule has 0 aliphatic carbocycles. The Kier molecular flexibility index (Phi) is 8.04. The van der Waals surface area contributed by atoms with Crippen LogP contribution in [0.3, 0.4) is 0 Å². The van der Waals surface area contributed by atoms with Crippen LogP contribution in [0.1, 0.15) is 29.2 Å². The van der Waals surface area contributed by atoms with Gasteiger partial charge in [-0.25, -0.2) is 4.99 Å². The molecule has 0 aromatic heterocycles. The molecule has 130 valence electrons. The summed E-state index contributed by atoms with van der Waals surface area (Å²) in [5.41, 5.74) is 11.6. The van der Waals surface area contributed by atoms with Crippen LogP contribution in [0.25, 0.3) is 0 Å². The van der Waals surface area contributed by atoms with Crippen molar-refractivity contribution >= 4 is 35.6 Å². The predicted molar refractivity (Wildman–Crippen MR) is 113 cm³/mol. The monoisotopic (exact) mass is 439 g/mol. The minimum absolute atomic E-state index is 0. The van der Waals surface area contributed by atoms with Crippen LogP contribution in [-0.2, 0) is 6.54 Å². The molecule has 0 aliphatic heterocycles. The zero-order valence-corrected chi connectivity index (χ0v) is 17.0. The molecular weight excluding hydrogens is 413 g/mol. The van der Waals surface area contributed by atoms with Crippen molar-refractivity contribution in [2.24, 2.45) is 10.7 Å². The van der Waals surface area contributed by atoms with Crippen molar-refractivity contribution in [1.29, 1.82) is 0 Å².